The van der Waals surface area contributed by atoms with Crippen molar-refractivity contribution in [1.82, 2.24) is 5.32 Å². The van der Waals surface area contributed by atoms with E-state index in [0.29, 0.717) is 26.2 Å². The van der Waals surface area contributed by atoms with E-state index in [1.807, 2.05) is 24.3 Å². The number of carbonyl (C=O) groups excluding carboxylic acids is 1. The smallest absolute Gasteiger partial charge is 0.224 e. The molecule has 0 spiro atoms. The molecule has 0 radical (unpaired) electrons. The number of benzene rings is 1. The van der Waals surface area contributed by atoms with Crippen molar-refractivity contribution in [3.63, 3.8) is 0 Å². The highest BCUT2D eigenvalue weighted by Gasteiger charge is 2.02. The summed E-state index contributed by atoms with van der Waals surface area (Å²) >= 11 is 3.29. The van der Waals surface area contributed by atoms with Gasteiger partial charge in [-0.3, -0.25) is 4.79 Å². The Morgan fingerprint density at radius 3 is 2.63 bits per heavy atom. The van der Waals surface area contributed by atoms with Crippen LogP contribution in [-0.4, -0.2) is 38.1 Å². The Hall–Kier alpha value is -1.07. The van der Waals surface area contributed by atoms with Crippen molar-refractivity contribution in [1.29, 1.82) is 0 Å². The second-order valence-corrected chi connectivity index (χ2v) is 4.82. The Morgan fingerprint density at radius 2 is 2.00 bits per heavy atom. The van der Waals surface area contributed by atoms with Crippen LogP contribution in [0.25, 0.3) is 0 Å². The summed E-state index contributed by atoms with van der Waals surface area (Å²) in [5, 5.41) is 3.72. The van der Waals surface area contributed by atoms with Gasteiger partial charge in [-0.25, -0.2) is 0 Å². The molecule has 19 heavy (non-hydrogen) atoms. The number of alkyl halides is 1. The van der Waals surface area contributed by atoms with Crippen molar-refractivity contribution in [2.45, 2.75) is 12.8 Å². The maximum Gasteiger partial charge on any atom is 0.224 e. The van der Waals surface area contributed by atoms with Crippen molar-refractivity contribution in [3.8, 4) is 5.75 Å². The van der Waals surface area contributed by atoms with Crippen molar-refractivity contribution < 1.29 is 14.3 Å². The topological polar surface area (TPSA) is 47.6 Å². The van der Waals surface area contributed by atoms with E-state index in [1.54, 1.807) is 7.11 Å². The zero-order chi connectivity index (χ0) is 13.9. The maximum absolute atomic E-state index is 11.7. The van der Waals surface area contributed by atoms with Crippen molar-refractivity contribution in [2.75, 3.05) is 32.2 Å². The van der Waals surface area contributed by atoms with Crippen LogP contribution in [0.1, 0.15) is 12.0 Å². The Bertz CT molecular complexity index is 367. The summed E-state index contributed by atoms with van der Waals surface area (Å²) in [6.45, 7) is 2.03. The number of halogens is 1. The average molecular weight is 330 g/mol. The minimum atomic E-state index is 0.0330. The van der Waals surface area contributed by atoms with Gasteiger partial charge in [-0.2, -0.15) is 0 Å². The van der Waals surface area contributed by atoms with Gasteiger partial charge in [0.25, 0.3) is 0 Å². The number of carbonyl (C=O) groups is 1. The fourth-order valence-corrected chi connectivity index (χ4v) is 1.78. The van der Waals surface area contributed by atoms with Crippen LogP contribution in [0, 0.1) is 0 Å². The zero-order valence-corrected chi connectivity index (χ0v) is 12.7. The van der Waals surface area contributed by atoms with Crippen LogP contribution in [0.4, 0.5) is 0 Å². The summed E-state index contributed by atoms with van der Waals surface area (Å²) < 4.78 is 10.4. The molecule has 0 aliphatic carbocycles. The number of hydrogen-bond acceptors (Lipinski definition) is 3. The highest BCUT2D eigenvalue weighted by atomic mass is 79.9. The molecule has 0 fully saturated rings. The van der Waals surface area contributed by atoms with Gasteiger partial charge in [0.2, 0.25) is 5.91 Å². The lowest BCUT2D eigenvalue weighted by atomic mass is 10.1. The van der Waals surface area contributed by atoms with Gasteiger partial charge in [-0.05, 0) is 24.1 Å². The summed E-state index contributed by atoms with van der Waals surface area (Å²) in [6.07, 6.45) is 1.23. The molecule has 5 heteroatoms. The molecule has 1 aromatic rings. The van der Waals surface area contributed by atoms with Gasteiger partial charge in [-0.15, -0.1) is 0 Å². The van der Waals surface area contributed by atoms with E-state index in [1.165, 1.54) is 0 Å². The van der Waals surface area contributed by atoms with Gasteiger partial charge < -0.3 is 14.8 Å². The highest BCUT2D eigenvalue weighted by molar-refractivity contribution is 9.09. The number of nitrogens with one attached hydrogen (secondary N) is 1. The summed E-state index contributed by atoms with van der Waals surface area (Å²) in [5.74, 6) is 0.832. The standard InChI is InChI=1S/C14H20BrNO3/c1-18-13-5-3-12(4-6-13)11-14(17)16-8-2-9-19-10-7-15/h3-6H,2,7-11H2,1H3,(H,16,17). The number of rotatable bonds is 9. The Labute approximate surface area is 122 Å². The van der Waals surface area contributed by atoms with E-state index in [-0.39, 0.29) is 5.91 Å². The van der Waals surface area contributed by atoms with E-state index in [9.17, 15) is 4.79 Å². The van der Waals surface area contributed by atoms with Gasteiger partial charge in [0.05, 0.1) is 20.1 Å². The van der Waals surface area contributed by atoms with E-state index in [0.717, 1.165) is 23.1 Å². The molecule has 0 saturated heterocycles. The lowest BCUT2D eigenvalue weighted by molar-refractivity contribution is -0.120. The minimum Gasteiger partial charge on any atom is -0.497 e. The largest absolute Gasteiger partial charge is 0.497 e. The number of amides is 1. The molecular formula is C14H20BrNO3. The molecule has 0 aliphatic rings. The van der Waals surface area contributed by atoms with Gasteiger partial charge in [-0.1, -0.05) is 28.1 Å². The second-order valence-electron chi connectivity index (χ2n) is 4.03. The summed E-state index contributed by atoms with van der Waals surface area (Å²) in [7, 11) is 1.62. The molecule has 4 nitrogen and oxygen atoms in total. The van der Waals surface area contributed by atoms with Crippen LogP contribution in [0.15, 0.2) is 24.3 Å². The lowest BCUT2D eigenvalue weighted by Crippen LogP contribution is -2.26. The normalized spacial score (nSPS) is 10.2. The Balaban J connectivity index is 2.16. The Morgan fingerprint density at radius 1 is 1.26 bits per heavy atom. The quantitative estimate of drug-likeness (QED) is 0.558. The van der Waals surface area contributed by atoms with Crippen LogP contribution in [0.5, 0.6) is 5.75 Å². The highest BCUT2D eigenvalue weighted by Crippen LogP contribution is 2.11. The fraction of sp³-hybridized carbons (Fsp3) is 0.500. The number of hydrogen-bond donors (Lipinski definition) is 1. The summed E-state index contributed by atoms with van der Waals surface area (Å²) in [4.78, 5) is 11.7. The molecule has 1 N–H and O–H groups in total. The van der Waals surface area contributed by atoms with Gasteiger partial charge >= 0.3 is 0 Å². The SMILES string of the molecule is COc1ccc(CC(=O)NCCCOCCBr)cc1. The van der Waals surface area contributed by atoms with Gasteiger partial charge in [0.15, 0.2) is 0 Å². The molecule has 0 aromatic heterocycles. The summed E-state index contributed by atoms with van der Waals surface area (Å²) in [6, 6.07) is 7.52. The second kappa shape index (κ2) is 9.81. The predicted octanol–water partition coefficient (Wildman–Crippen LogP) is 2.16. The lowest BCUT2D eigenvalue weighted by Gasteiger charge is -2.06. The molecule has 1 aromatic carbocycles. The first kappa shape index (κ1) is 16.0. The molecule has 0 aliphatic heterocycles. The van der Waals surface area contributed by atoms with E-state index >= 15 is 0 Å². The summed E-state index contributed by atoms with van der Waals surface area (Å²) in [5.41, 5.74) is 0.980. The van der Waals surface area contributed by atoms with E-state index < -0.39 is 0 Å². The first-order valence-corrected chi connectivity index (χ1v) is 7.41. The first-order chi connectivity index (χ1) is 9.26. The molecular weight excluding hydrogens is 310 g/mol. The molecule has 0 unspecified atom stereocenters. The average Bonchev–Trinajstić information content (AvgIpc) is 2.43. The van der Waals surface area contributed by atoms with Crippen LogP contribution in [0.2, 0.25) is 0 Å². The van der Waals surface area contributed by atoms with Crippen molar-refractivity contribution in [3.05, 3.63) is 29.8 Å². The maximum atomic E-state index is 11.7. The van der Waals surface area contributed by atoms with Crippen LogP contribution >= 0.6 is 15.9 Å². The molecule has 106 valence electrons. The molecule has 0 saturated carbocycles. The fourth-order valence-electron chi connectivity index (χ4n) is 1.55. The van der Waals surface area contributed by atoms with E-state index in [2.05, 4.69) is 21.2 Å². The van der Waals surface area contributed by atoms with E-state index in [4.69, 9.17) is 9.47 Å². The molecule has 1 amide bonds. The number of ether oxygens (including phenoxy) is 2. The predicted molar refractivity (Wildman–Crippen MR) is 78.9 cm³/mol. The Kier molecular flexibility index (Phi) is 8.25. The third-order valence-electron chi connectivity index (χ3n) is 2.53. The minimum absolute atomic E-state index is 0.0330. The monoisotopic (exact) mass is 329 g/mol. The van der Waals surface area contributed by atoms with Crippen LogP contribution in [-0.2, 0) is 16.0 Å². The van der Waals surface area contributed by atoms with Crippen LogP contribution in [0.3, 0.4) is 0 Å². The first-order valence-electron chi connectivity index (χ1n) is 6.29. The molecule has 0 bridgehead atoms. The van der Waals surface area contributed by atoms with Crippen molar-refractivity contribution in [2.24, 2.45) is 0 Å². The van der Waals surface area contributed by atoms with Crippen molar-refractivity contribution >= 4 is 21.8 Å². The molecule has 0 heterocycles. The van der Waals surface area contributed by atoms with Gasteiger partial charge in [0, 0.05) is 18.5 Å². The molecule has 0 atom stereocenters. The van der Waals surface area contributed by atoms with Crippen LogP contribution < -0.4 is 10.1 Å². The van der Waals surface area contributed by atoms with Gasteiger partial charge in [0.1, 0.15) is 5.75 Å². The molecule has 1 rings (SSSR count). The third-order valence-corrected chi connectivity index (χ3v) is 2.86. The third kappa shape index (κ3) is 7.18. The number of methoxy groups -OCH3 is 1. The zero-order valence-electron chi connectivity index (χ0n) is 11.2.